The highest BCUT2D eigenvalue weighted by molar-refractivity contribution is 5.77. The van der Waals surface area contributed by atoms with Crippen molar-refractivity contribution in [3.8, 4) is 0 Å². The van der Waals surface area contributed by atoms with Crippen LogP contribution in [0.4, 0.5) is 0 Å². The Morgan fingerprint density at radius 2 is 2.07 bits per heavy atom. The van der Waals surface area contributed by atoms with Gasteiger partial charge in [-0.2, -0.15) is 0 Å². The van der Waals surface area contributed by atoms with Crippen molar-refractivity contribution in [1.82, 2.24) is 15.5 Å². The first kappa shape index (κ1) is 9.91. The SMILES string of the molecule is O=[N+]([O-])N1CN=C(NO)N([N+](=O)[O-])C1. The Hall–Kier alpha value is -2.17. The van der Waals surface area contributed by atoms with Crippen molar-refractivity contribution < 1.29 is 15.3 Å². The lowest BCUT2D eigenvalue weighted by Gasteiger charge is -2.22. The number of aliphatic imine (C=N–C) groups is 1. The molecule has 0 aromatic rings. The van der Waals surface area contributed by atoms with Crippen molar-refractivity contribution in [2.45, 2.75) is 0 Å². The average Bonchev–Trinajstić information content (AvgIpc) is 2.16. The molecule has 0 aliphatic carbocycles. The molecule has 0 fully saturated rings. The monoisotopic (exact) mass is 206 g/mol. The van der Waals surface area contributed by atoms with Crippen molar-refractivity contribution in [2.24, 2.45) is 4.99 Å². The molecule has 0 aromatic carbocycles. The molecule has 0 aromatic heterocycles. The number of nitrogens with one attached hydrogen (secondary N) is 1. The fraction of sp³-hybridized carbons (Fsp3) is 0.667. The van der Waals surface area contributed by atoms with Gasteiger partial charge in [-0.05, 0) is 5.01 Å². The summed E-state index contributed by atoms with van der Waals surface area (Å²) in [6.07, 6.45) is 0. The maximum Gasteiger partial charge on any atom is 0.285 e. The summed E-state index contributed by atoms with van der Waals surface area (Å²) in [5, 5.41) is 28.1. The van der Waals surface area contributed by atoms with Gasteiger partial charge in [-0.1, -0.05) is 5.01 Å². The molecule has 0 unspecified atom stereocenters. The van der Waals surface area contributed by atoms with E-state index in [0.717, 1.165) is 0 Å². The van der Waals surface area contributed by atoms with Gasteiger partial charge in [-0.3, -0.25) is 5.21 Å². The van der Waals surface area contributed by atoms with E-state index >= 15 is 0 Å². The zero-order valence-electron chi connectivity index (χ0n) is 6.73. The van der Waals surface area contributed by atoms with Crippen LogP contribution in [0.2, 0.25) is 0 Å². The highest BCUT2D eigenvalue weighted by Crippen LogP contribution is 2.02. The maximum atomic E-state index is 10.3. The summed E-state index contributed by atoms with van der Waals surface area (Å²) in [5.74, 6) is -0.437. The minimum Gasteiger partial charge on any atom is -0.288 e. The molecule has 1 aliphatic heterocycles. The molecular formula is C3H6N6O5. The highest BCUT2D eigenvalue weighted by atomic mass is 16.7. The summed E-state index contributed by atoms with van der Waals surface area (Å²) in [6.45, 7) is -0.952. The Balaban J connectivity index is 2.81. The molecule has 0 saturated carbocycles. The molecule has 0 bridgehead atoms. The van der Waals surface area contributed by atoms with Gasteiger partial charge in [0.1, 0.15) is 0 Å². The highest BCUT2D eigenvalue weighted by Gasteiger charge is 2.33. The first-order valence-corrected chi connectivity index (χ1v) is 3.32. The molecule has 0 saturated heterocycles. The zero-order chi connectivity index (χ0) is 10.7. The molecule has 1 rings (SSSR count). The summed E-state index contributed by atoms with van der Waals surface area (Å²) in [5.41, 5.74) is 1.48. The van der Waals surface area contributed by atoms with Gasteiger partial charge in [-0.15, -0.1) is 0 Å². The van der Waals surface area contributed by atoms with E-state index in [1.807, 2.05) is 0 Å². The van der Waals surface area contributed by atoms with E-state index in [-0.39, 0.29) is 6.67 Å². The summed E-state index contributed by atoms with van der Waals surface area (Å²) in [7, 11) is 0. The predicted octanol–water partition coefficient (Wildman–Crippen LogP) is -1.76. The molecule has 0 spiro atoms. The van der Waals surface area contributed by atoms with Crippen molar-refractivity contribution in [3.63, 3.8) is 0 Å². The summed E-state index contributed by atoms with van der Waals surface area (Å²) >= 11 is 0. The number of hydroxylamine groups is 1. The first-order valence-electron chi connectivity index (χ1n) is 3.32. The number of hydrogen-bond acceptors (Lipinski definition) is 7. The van der Waals surface area contributed by atoms with Crippen LogP contribution in [0.3, 0.4) is 0 Å². The van der Waals surface area contributed by atoms with Crippen LogP contribution in [0.15, 0.2) is 4.99 Å². The number of guanidine groups is 1. The second kappa shape index (κ2) is 3.69. The van der Waals surface area contributed by atoms with Crippen LogP contribution >= 0.6 is 0 Å². The van der Waals surface area contributed by atoms with Gasteiger partial charge >= 0.3 is 0 Å². The number of hydrazine groups is 2. The molecule has 1 heterocycles. The quantitative estimate of drug-likeness (QED) is 0.400. The van der Waals surface area contributed by atoms with Crippen LogP contribution in [-0.4, -0.2) is 44.6 Å². The second-order valence-electron chi connectivity index (χ2n) is 2.26. The summed E-state index contributed by atoms with van der Waals surface area (Å²) < 4.78 is 0. The molecular weight excluding hydrogens is 200 g/mol. The minimum atomic E-state index is -0.919. The lowest BCUT2D eigenvalue weighted by molar-refractivity contribution is -0.701. The van der Waals surface area contributed by atoms with E-state index in [2.05, 4.69) is 4.99 Å². The molecule has 1 aliphatic rings. The Labute approximate surface area is 76.4 Å². The summed E-state index contributed by atoms with van der Waals surface area (Å²) in [6, 6.07) is 0. The van der Waals surface area contributed by atoms with Gasteiger partial charge < -0.3 is 0 Å². The van der Waals surface area contributed by atoms with Crippen molar-refractivity contribution in [3.05, 3.63) is 20.2 Å². The molecule has 14 heavy (non-hydrogen) atoms. The fourth-order valence-electron chi connectivity index (χ4n) is 0.822. The second-order valence-corrected chi connectivity index (χ2v) is 2.26. The third-order valence-electron chi connectivity index (χ3n) is 1.45. The van der Waals surface area contributed by atoms with Gasteiger partial charge in [0.05, 0.1) is 0 Å². The molecule has 0 radical (unpaired) electrons. The lowest BCUT2D eigenvalue weighted by atomic mass is 10.7. The topological polar surface area (TPSA) is 137 Å². The normalized spacial score (nSPS) is 16.2. The van der Waals surface area contributed by atoms with E-state index in [4.69, 9.17) is 5.21 Å². The van der Waals surface area contributed by atoms with Crippen LogP contribution in [0.5, 0.6) is 0 Å². The van der Waals surface area contributed by atoms with Crippen LogP contribution in [0.25, 0.3) is 0 Å². The van der Waals surface area contributed by atoms with Gasteiger partial charge in [0.15, 0.2) is 16.7 Å². The van der Waals surface area contributed by atoms with E-state index < -0.39 is 22.7 Å². The first-order chi connectivity index (χ1) is 6.56. The Bertz CT molecular complexity index is 289. The van der Waals surface area contributed by atoms with Gasteiger partial charge in [0.2, 0.25) is 6.67 Å². The molecule has 78 valence electrons. The van der Waals surface area contributed by atoms with Gasteiger partial charge in [-0.25, -0.2) is 30.7 Å². The predicted molar refractivity (Wildman–Crippen MR) is 39.8 cm³/mol. The van der Waals surface area contributed by atoms with E-state index in [9.17, 15) is 20.2 Å². The molecule has 2 N–H and O–H groups in total. The Kier molecular flexibility index (Phi) is 2.62. The maximum absolute atomic E-state index is 10.3. The smallest absolute Gasteiger partial charge is 0.285 e. The van der Waals surface area contributed by atoms with Crippen LogP contribution in [-0.2, 0) is 0 Å². The molecule has 11 nitrogen and oxygen atoms in total. The minimum absolute atomic E-state index is 0.312. The largest absolute Gasteiger partial charge is 0.288 e. The Morgan fingerprint density at radius 1 is 1.43 bits per heavy atom. The van der Waals surface area contributed by atoms with Crippen molar-refractivity contribution in [1.29, 1.82) is 0 Å². The van der Waals surface area contributed by atoms with Crippen LogP contribution in [0.1, 0.15) is 0 Å². The lowest BCUT2D eigenvalue weighted by Crippen LogP contribution is -2.54. The third-order valence-corrected chi connectivity index (χ3v) is 1.45. The van der Waals surface area contributed by atoms with E-state index in [1.165, 1.54) is 5.48 Å². The van der Waals surface area contributed by atoms with E-state index in [1.54, 1.807) is 0 Å². The summed E-state index contributed by atoms with van der Waals surface area (Å²) in [4.78, 5) is 24.0. The van der Waals surface area contributed by atoms with Crippen molar-refractivity contribution >= 4 is 5.96 Å². The molecule has 0 atom stereocenters. The number of nitrogens with zero attached hydrogens (tertiary/aromatic N) is 5. The Morgan fingerprint density at radius 3 is 2.50 bits per heavy atom. The van der Waals surface area contributed by atoms with Crippen LogP contribution in [0, 0.1) is 20.2 Å². The average molecular weight is 206 g/mol. The standard InChI is InChI=1S/C3H6N6O5/c10-5-3-4-1-6(8(11)12)2-7(3)9(13)14/h10H,1-2H2,(H,4,5). The van der Waals surface area contributed by atoms with Gasteiger partial charge in [0, 0.05) is 0 Å². The number of rotatable bonds is 2. The number of nitro groups is 2. The molecule has 11 heteroatoms. The van der Waals surface area contributed by atoms with Gasteiger partial charge in [0.25, 0.3) is 5.96 Å². The van der Waals surface area contributed by atoms with Crippen LogP contribution < -0.4 is 5.48 Å². The fourth-order valence-corrected chi connectivity index (χ4v) is 0.822. The van der Waals surface area contributed by atoms with Crippen molar-refractivity contribution in [2.75, 3.05) is 13.3 Å². The number of hydrogen-bond donors (Lipinski definition) is 2. The third kappa shape index (κ3) is 1.77. The van der Waals surface area contributed by atoms with E-state index in [0.29, 0.717) is 10.0 Å². The zero-order valence-corrected chi connectivity index (χ0v) is 6.73. The molecule has 0 amide bonds.